The Bertz CT molecular complexity index is 1190. The van der Waals surface area contributed by atoms with Crippen molar-refractivity contribution in [3.05, 3.63) is 74.1 Å². The van der Waals surface area contributed by atoms with Crippen LogP contribution in [0, 0.1) is 13.9 Å². The van der Waals surface area contributed by atoms with Crippen LogP contribution in [0.5, 0.6) is 0 Å². The predicted molar refractivity (Wildman–Crippen MR) is 115 cm³/mol. The molecule has 146 valence electrons. The zero-order valence-electron chi connectivity index (χ0n) is 14.8. The van der Waals surface area contributed by atoms with Crippen LogP contribution >= 0.6 is 20.7 Å². The van der Waals surface area contributed by atoms with E-state index >= 15 is 0 Å². The van der Waals surface area contributed by atoms with Gasteiger partial charge in [0.2, 0.25) is 0 Å². The summed E-state index contributed by atoms with van der Waals surface area (Å²) < 4.78 is 29.1. The highest BCUT2D eigenvalue weighted by molar-refractivity contribution is 7.94. The first-order chi connectivity index (χ1) is 13.4. The number of nitrogens with zero attached hydrogens (tertiary/aromatic N) is 2. The van der Waals surface area contributed by atoms with Crippen molar-refractivity contribution in [3.8, 4) is 10.4 Å². The first kappa shape index (κ1) is 20.6. The van der Waals surface area contributed by atoms with Gasteiger partial charge in [-0.3, -0.25) is 10.1 Å². The minimum Gasteiger partial charge on any atom is -0.258 e. The number of benzene rings is 2. The minimum absolute atomic E-state index is 0.0717. The van der Waals surface area contributed by atoms with Crippen molar-refractivity contribution in [2.75, 3.05) is 0 Å². The van der Waals surface area contributed by atoms with E-state index in [4.69, 9.17) is 0 Å². The highest BCUT2D eigenvalue weighted by atomic mass is 32.9. The molecule has 10 heteroatoms. The summed E-state index contributed by atoms with van der Waals surface area (Å²) in [6.07, 6.45) is 2.15. The number of nitro groups is 1. The van der Waals surface area contributed by atoms with Gasteiger partial charge in [-0.15, -0.1) is 0 Å². The smallest absolute Gasteiger partial charge is 0.258 e. The molecule has 0 aliphatic heterocycles. The molecular weight excluding hydrogens is 436 g/mol. The Morgan fingerprint density at radius 1 is 1.07 bits per heavy atom. The van der Waals surface area contributed by atoms with Crippen LogP contribution in [-0.2, 0) is 27.6 Å². The quantitative estimate of drug-likeness (QED) is 0.213. The Morgan fingerprint density at radius 2 is 1.75 bits per heavy atom. The Balaban J connectivity index is 1.86. The summed E-state index contributed by atoms with van der Waals surface area (Å²) in [5.41, 5.74) is 2.22. The van der Waals surface area contributed by atoms with Crippen molar-refractivity contribution in [1.29, 1.82) is 0 Å². The van der Waals surface area contributed by atoms with Crippen LogP contribution in [0.3, 0.4) is 0 Å². The van der Waals surface area contributed by atoms with E-state index in [1.807, 2.05) is 6.07 Å². The fraction of sp³-hybridized carbons (Fsp3) is 0.167. The number of hydrogen-bond acceptors (Lipinski definition) is 6. The summed E-state index contributed by atoms with van der Waals surface area (Å²) in [4.78, 5) is 11.1. The molecule has 3 rings (SSSR count). The van der Waals surface area contributed by atoms with E-state index in [1.165, 1.54) is 28.0 Å². The molecule has 0 amide bonds. The van der Waals surface area contributed by atoms with Crippen molar-refractivity contribution in [1.82, 2.24) is 0 Å². The van der Waals surface area contributed by atoms with Crippen LogP contribution < -0.4 is 0 Å². The fourth-order valence-corrected chi connectivity index (χ4v) is 7.04. The minimum atomic E-state index is -3.89. The second kappa shape index (κ2) is 8.91. The van der Waals surface area contributed by atoms with Crippen molar-refractivity contribution < 1.29 is 13.3 Å². The summed E-state index contributed by atoms with van der Waals surface area (Å²) in [6.45, 7) is 2.15. The number of sulfonamides is 1. The van der Waals surface area contributed by atoms with Crippen molar-refractivity contribution in [3.63, 3.8) is 0 Å². The zero-order valence-corrected chi connectivity index (χ0v) is 18.0. The first-order valence-corrected chi connectivity index (χ1v) is 12.7. The van der Waals surface area contributed by atoms with Gasteiger partial charge in [0.05, 0.1) is 9.82 Å². The van der Waals surface area contributed by atoms with Gasteiger partial charge in [-0.2, -0.15) is 8.42 Å². The summed E-state index contributed by atoms with van der Waals surface area (Å²) in [7, 11) is -0.869. The molecule has 0 saturated carbocycles. The van der Waals surface area contributed by atoms with Crippen LogP contribution in [0.2, 0.25) is 0 Å². The SMILES string of the molecule is CCCc1ccc(-c2cc(=S=NS(=O)(=O)c3ccc([N+](=O)[O-])cc3)ss2)cc1. The zero-order chi connectivity index (χ0) is 20.1. The second-order valence-electron chi connectivity index (χ2n) is 5.83. The van der Waals surface area contributed by atoms with Gasteiger partial charge in [-0.05, 0) is 46.9 Å². The molecule has 0 spiro atoms. The van der Waals surface area contributed by atoms with Crippen LogP contribution in [0.25, 0.3) is 10.4 Å². The predicted octanol–water partition coefficient (Wildman–Crippen LogP) is 5.52. The molecule has 1 aromatic heterocycles. The lowest BCUT2D eigenvalue weighted by Crippen LogP contribution is -1.96. The summed E-state index contributed by atoms with van der Waals surface area (Å²) in [6, 6.07) is 15.0. The summed E-state index contributed by atoms with van der Waals surface area (Å²) in [5.74, 6) is 0. The number of rotatable bonds is 6. The average Bonchev–Trinajstić information content (AvgIpc) is 3.16. The van der Waals surface area contributed by atoms with E-state index in [-0.39, 0.29) is 10.6 Å². The van der Waals surface area contributed by atoms with Gasteiger partial charge in [0.25, 0.3) is 15.7 Å². The molecule has 3 aromatic rings. The van der Waals surface area contributed by atoms with Crippen molar-refractivity contribution in [2.24, 2.45) is 3.77 Å². The monoisotopic (exact) mass is 452 g/mol. The maximum absolute atomic E-state index is 12.3. The maximum Gasteiger partial charge on any atom is 0.292 e. The lowest BCUT2D eigenvalue weighted by atomic mass is 10.1. The summed E-state index contributed by atoms with van der Waals surface area (Å²) >= 11 is 0.892. The lowest BCUT2D eigenvalue weighted by molar-refractivity contribution is -0.384. The maximum atomic E-state index is 12.3. The fourth-order valence-electron chi connectivity index (χ4n) is 2.41. The lowest BCUT2D eigenvalue weighted by Gasteiger charge is -2.00. The molecule has 28 heavy (non-hydrogen) atoms. The van der Waals surface area contributed by atoms with Gasteiger partial charge in [-0.25, -0.2) is 0 Å². The Hall–Kier alpha value is -2.14. The second-order valence-corrected chi connectivity index (χ2v) is 10.9. The highest BCUT2D eigenvalue weighted by Gasteiger charge is 2.14. The highest BCUT2D eigenvalue weighted by Crippen LogP contribution is 2.29. The molecule has 0 fully saturated rings. The average molecular weight is 453 g/mol. The molecule has 0 saturated heterocycles. The number of aryl methyl sites for hydroxylation is 1. The summed E-state index contributed by atoms with van der Waals surface area (Å²) in [5, 5.41) is 10.7. The molecule has 0 unspecified atom stereocenters. The molecule has 1 heterocycles. The van der Waals surface area contributed by atoms with Crippen LogP contribution in [0.15, 0.2) is 63.3 Å². The molecule has 0 radical (unpaired) electrons. The third-order valence-electron chi connectivity index (χ3n) is 3.81. The topological polar surface area (TPSA) is 89.6 Å². The van der Waals surface area contributed by atoms with Crippen molar-refractivity contribution in [2.45, 2.75) is 24.7 Å². The Morgan fingerprint density at radius 3 is 2.36 bits per heavy atom. The van der Waals surface area contributed by atoms with Crippen LogP contribution in [0.4, 0.5) is 5.69 Å². The van der Waals surface area contributed by atoms with E-state index in [9.17, 15) is 18.5 Å². The molecule has 0 aliphatic rings. The molecule has 0 bridgehead atoms. The van der Waals surface area contributed by atoms with Crippen LogP contribution in [0.1, 0.15) is 18.9 Å². The Labute approximate surface area is 173 Å². The van der Waals surface area contributed by atoms with Gasteiger partial charge in [0.15, 0.2) is 0 Å². The van der Waals surface area contributed by atoms with Crippen molar-refractivity contribution >= 4 is 47.5 Å². The van der Waals surface area contributed by atoms with Gasteiger partial charge < -0.3 is 0 Å². The molecule has 2 aromatic carbocycles. The van der Waals surface area contributed by atoms with Gasteiger partial charge in [0, 0.05) is 17.0 Å². The van der Waals surface area contributed by atoms with E-state index in [0.29, 0.717) is 0 Å². The van der Waals surface area contributed by atoms with E-state index < -0.39 is 14.9 Å². The van der Waals surface area contributed by atoms with E-state index in [1.54, 1.807) is 10.3 Å². The van der Waals surface area contributed by atoms with Gasteiger partial charge in [-0.1, -0.05) is 62.1 Å². The molecule has 0 aliphatic carbocycles. The Kier molecular flexibility index (Phi) is 6.55. The molecule has 0 N–H and O–H groups in total. The number of hydrogen-bond donors (Lipinski definition) is 0. The molecular formula is C18H16N2O4S4. The van der Waals surface area contributed by atoms with Crippen LogP contribution in [-0.4, -0.2) is 13.3 Å². The third-order valence-corrected chi connectivity index (χ3v) is 9.08. The van der Waals surface area contributed by atoms with Gasteiger partial charge in [0.1, 0.15) is 3.82 Å². The number of non-ortho nitro benzene ring substituents is 1. The van der Waals surface area contributed by atoms with E-state index in [0.717, 1.165) is 50.4 Å². The molecule has 6 nitrogen and oxygen atoms in total. The largest absolute Gasteiger partial charge is 0.292 e. The normalized spacial score (nSPS) is 11.2. The number of nitro benzene ring substituents is 1. The van der Waals surface area contributed by atoms with E-state index in [2.05, 4.69) is 35.0 Å². The molecule has 0 atom stereocenters. The third kappa shape index (κ3) is 5.02. The first-order valence-electron chi connectivity index (χ1n) is 8.30. The standard InChI is InChI=1S/C18H16N2O4S4/c1-2-3-13-4-6-14(7-5-13)17-12-18(27-26-17)25-19-28(23,24)16-10-8-15(9-11-16)20(21)22/h4-12H,2-3H2,1H3. The van der Waals surface area contributed by atoms with Gasteiger partial charge >= 0.3 is 0 Å².